The number of hydrogen-bond donors (Lipinski definition) is 1. The average Bonchev–Trinajstić information content (AvgIpc) is 2.30. The van der Waals surface area contributed by atoms with Gasteiger partial charge in [-0.2, -0.15) is 0 Å². The smallest absolute Gasteiger partial charge is 0.0594 e. The Bertz CT molecular complexity index is 369. The van der Waals surface area contributed by atoms with Crippen LogP contribution < -0.4 is 5.32 Å². The minimum atomic E-state index is 0.241. The Labute approximate surface area is 120 Å². The van der Waals surface area contributed by atoms with Crippen LogP contribution in [0.4, 0.5) is 0 Å². The van der Waals surface area contributed by atoms with Gasteiger partial charge in [0.2, 0.25) is 0 Å². The van der Waals surface area contributed by atoms with Gasteiger partial charge in [0, 0.05) is 22.6 Å². The first-order valence-corrected chi connectivity index (χ1v) is 7.10. The Hall–Kier alpha value is -0.280. The number of benzene rings is 1. The third kappa shape index (κ3) is 5.15. The van der Waals surface area contributed by atoms with Gasteiger partial charge in [-0.3, -0.25) is 0 Å². The van der Waals surface area contributed by atoms with E-state index in [1.165, 1.54) is 0 Å². The molecular formula is C14H21Cl2NO. The largest absolute Gasteiger partial charge is 0.377 e. The predicted molar refractivity (Wildman–Crippen MR) is 78.6 cm³/mol. The minimum Gasteiger partial charge on any atom is -0.377 e. The van der Waals surface area contributed by atoms with Crippen molar-refractivity contribution in [3.05, 3.63) is 33.8 Å². The number of ether oxygens (including phenoxy) is 1. The third-order valence-electron chi connectivity index (χ3n) is 2.69. The normalized spacial score (nSPS) is 13.0. The molecule has 0 saturated carbocycles. The molecule has 102 valence electrons. The highest BCUT2D eigenvalue weighted by atomic mass is 35.5. The van der Waals surface area contributed by atoms with E-state index in [1.54, 1.807) is 6.07 Å². The summed E-state index contributed by atoms with van der Waals surface area (Å²) in [6, 6.07) is 5.88. The molecule has 0 aromatic heterocycles. The molecule has 1 rings (SSSR count). The molecule has 0 aliphatic rings. The Morgan fingerprint density at radius 2 is 2.00 bits per heavy atom. The molecule has 0 spiro atoms. The van der Waals surface area contributed by atoms with Crippen LogP contribution >= 0.6 is 23.2 Å². The lowest BCUT2D eigenvalue weighted by atomic mass is 10.0. The SMILES string of the molecule is CCC(NCCOC(C)C)c1ccc(Cl)cc1Cl. The zero-order valence-electron chi connectivity index (χ0n) is 11.2. The predicted octanol–water partition coefficient (Wildman–Crippen LogP) is 4.46. The van der Waals surface area contributed by atoms with Crippen molar-refractivity contribution in [1.29, 1.82) is 0 Å². The van der Waals surface area contributed by atoms with Crippen LogP contribution in [0.3, 0.4) is 0 Å². The van der Waals surface area contributed by atoms with Gasteiger partial charge < -0.3 is 10.1 Å². The standard InChI is InChI=1S/C14H21Cl2NO/c1-4-14(17-7-8-18-10(2)3)12-6-5-11(15)9-13(12)16/h5-6,9-10,14,17H,4,7-8H2,1-3H3. The van der Waals surface area contributed by atoms with E-state index in [0.29, 0.717) is 16.7 Å². The molecule has 1 unspecified atom stereocenters. The molecule has 0 radical (unpaired) electrons. The summed E-state index contributed by atoms with van der Waals surface area (Å²) in [6.45, 7) is 7.72. The van der Waals surface area contributed by atoms with Crippen LogP contribution in [-0.4, -0.2) is 19.3 Å². The van der Waals surface area contributed by atoms with Crippen molar-refractivity contribution in [3.63, 3.8) is 0 Å². The fourth-order valence-corrected chi connectivity index (χ4v) is 2.33. The van der Waals surface area contributed by atoms with Crippen molar-refractivity contribution in [1.82, 2.24) is 5.32 Å². The molecule has 0 aliphatic heterocycles. The fraction of sp³-hybridized carbons (Fsp3) is 0.571. The Morgan fingerprint density at radius 1 is 1.28 bits per heavy atom. The summed E-state index contributed by atoms with van der Waals surface area (Å²) >= 11 is 12.1. The molecule has 0 fully saturated rings. The van der Waals surface area contributed by atoms with Crippen LogP contribution in [0, 0.1) is 0 Å². The highest BCUT2D eigenvalue weighted by molar-refractivity contribution is 6.35. The average molecular weight is 290 g/mol. The van der Waals surface area contributed by atoms with Gasteiger partial charge in [-0.1, -0.05) is 36.2 Å². The van der Waals surface area contributed by atoms with Crippen molar-refractivity contribution in [2.24, 2.45) is 0 Å². The topological polar surface area (TPSA) is 21.3 Å². The molecule has 18 heavy (non-hydrogen) atoms. The van der Waals surface area contributed by atoms with E-state index in [1.807, 2.05) is 26.0 Å². The van der Waals surface area contributed by atoms with Crippen molar-refractivity contribution >= 4 is 23.2 Å². The minimum absolute atomic E-state index is 0.241. The second kappa shape index (κ2) is 8.00. The van der Waals surface area contributed by atoms with Gasteiger partial charge in [0.15, 0.2) is 0 Å². The monoisotopic (exact) mass is 289 g/mol. The highest BCUT2D eigenvalue weighted by Gasteiger charge is 2.12. The Balaban J connectivity index is 2.54. The van der Waals surface area contributed by atoms with Crippen molar-refractivity contribution < 1.29 is 4.74 Å². The van der Waals surface area contributed by atoms with Gasteiger partial charge in [0.25, 0.3) is 0 Å². The van der Waals surface area contributed by atoms with Gasteiger partial charge in [-0.05, 0) is 38.0 Å². The maximum atomic E-state index is 6.21. The summed E-state index contributed by atoms with van der Waals surface area (Å²) in [4.78, 5) is 0. The number of halogens is 2. The lowest BCUT2D eigenvalue weighted by Crippen LogP contribution is -2.26. The molecule has 0 heterocycles. The van der Waals surface area contributed by atoms with Gasteiger partial charge in [0.1, 0.15) is 0 Å². The Morgan fingerprint density at radius 3 is 2.56 bits per heavy atom. The fourth-order valence-electron chi connectivity index (χ4n) is 1.79. The summed E-state index contributed by atoms with van der Waals surface area (Å²) in [5.41, 5.74) is 1.09. The molecule has 4 heteroatoms. The molecule has 1 atom stereocenters. The van der Waals surface area contributed by atoms with Crippen LogP contribution in [0.5, 0.6) is 0 Å². The zero-order chi connectivity index (χ0) is 13.5. The van der Waals surface area contributed by atoms with E-state index in [0.717, 1.165) is 18.5 Å². The molecule has 0 saturated heterocycles. The van der Waals surface area contributed by atoms with E-state index >= 15 is 0 Å². The van der Waals surface area contributed by atoms with Crippen LogP contribution in [0.25, 0.3) is 0 Å². The van der Waals surface area contributed by atoms with Gasteiger partial charge in [-0.25, -0.2) is 0 Å². The number of rotatable bonds is 7. The van der Waals surface area contributed by atoms with Gasteiger partial charge >= 0.3 is 0 Å². The third-order valence-corrected chi connectivity index (χ3v) is 3.25. The zero-order valence-corrected chi connectivity index (χ0v) is 12.7. The van der Waals surface area contributed by atoms with Crippen LogP contribution in [0.2, 0.25) is 10.0 Å². The van der Waals surface area contributed by atoms with Gasteiger partial charge in [0.05, 0.1) is 12.7 Å². The van der Waals surface area contributed by atoms with E-state index in [4.69, 9.17) is 27.9 Å². The lowest BCUT2D eigenvalue weighted by molar-refractivity contribution is 0.0792. The summed E-state index contributed by atoms with van der Waals surface area (Å²) in [5, 5.41) is 4.83. The first kappa shape index (κ1) is 15.8. The Kier molecular flexibility index (Phi) is 7.02. The van der Waals surface area contributed by atoms with E-state index in [9.17, 15) is 0 Å². The van der Waals surface area contributed by atoms with Crippen LogP contribution in [0.15, 0.2) is 18.2 Å². The second-order valence-electron chi connectivity index (χ2n) is 4.50. The quantitative estimate of drug-likeness (QED) is 0.749. The van der Waals surface area contributed by atoms with Gasteiger partial charge in [-0.15, -0.1) is 0 Å². The van der Waals surface area contributed by atoms with Crippen molar-refractivity contribution in [3.8, 4) is 0 Å². The molecular weight excluding hydrogens is 269 g/mol. The maximum absolute atomic E-state index is 6.21. The molecule has 0 bridgehead atoms. The number of hydrogen-bond acceptors (Lipinski definition) is 2. The maximum Gasteiger partial charge on any atom is 0.0594 e. The molecule has 1 aromatic carbocycles. The summed E-state index contributed by atoms with van der Waals surface area (Å²) in [7, 11) is 0. The van der Waals surface area contributed by atoms with Crippen LogP contribution in [-0.2, 0) is 4.74 Å². The summed E-state index contributed by atoms with van der Waals surface area (Å²) in [5.74, 6) is 0. The first-order chi connectivity index (χ1) is 8.54. The van der Waals surface area contributed by atoms with Crippen molar-refractivity contribution in [2.75, 3.05) is 13.2 Å². The molecule has 1 aromatic rings. The highest BCUT2D eigenvalue weighted by Crippen LogP contribution is 2.27. The molecule has 0 amide bonds. The second-order valence-corrected chi connectivity index (χ2v) is 5.34. The van der Waals surface area contributed by atoms with Crippen LogP contribution in [0.1, 0.15) is 38.8 Å². The summed E-state index contributed by atoms with van der Waals surface area (Å²) in [6.07, 6.45) is 1.24. The number of nitrogens with one attached hydrogen (secondary N) is 1. The van der Waals surface area contributed by atoms with Crippen molar-refractivity contribution in [2.45, 2.75) is 39.3 Å². The first-order valence-electron chi connectivity index (χ1n) is 6.34. The van der Waals surface area contributed by atoms with E-state index < -0.39 is 0 Å². The molecule has 1 N–H and O–H groups in total. The lowest BCUT2D eigenvalue weighted by Gasteiger charge is -2.19. The van der Waals surface area contributed by atoms with E-state index in [2.05, 4.69) is 12.2 Å². The molecule has 0 aliphatic carbocycles. The molecule has 2 nitrogen and oxygen atoms in total. The van der Waals surface area contributed by atoms with E-state index in [-0.39, 0.29) is 12.1 Å². The summed E-state index contributed by atoms with van der Waals surface area (Å²) < 4.78 is 5.51.